The number of rotatable bonds is 7. The number of nitrogens with one attached hydrogen (secondary N) is 1. The molecule has 0 saturated heterocycles. The summed E-state index contributed by atoms with van der Waals surface area (Å²) in [6, 6.07) is 7.20. The molecule has 0 saturated carbocycles. The number of ether oxygens (including phenoxy) is 1. The van der Waals surface area contributed by atoms with Gasteiger partial charge in [0.15, 0.2) is 11.5 Å². The van der Waals surface area contributed by atoms with Crippen LogP contribution < -0.4 is 10.1 Å². The van der Waals surface area contributed by atoms with Gasteiger partial charge in [0.1, 0.15) is 5.82 Å². The Balaban J connectivity index is 2.35. The molecular weight excluding hydrogens is 375 g/mol. The van der Waals surface area contributed by atoms with E-state index >= 15 is 0 Å². The maximum absolute atomic E-state index is 14.1. The van der Waals surface area contributed by atoms with Crippen LogP contribution in [0, 0.1) is 5.82 Å². The zero-order chi connectivity index (χ0) is 20.2. The number of carbonyl (C=O) groups is 1. The first-order valence-electron chi connectivity index (χ1n) is 8.22. The van der Waals surface area contributed by atoms with Crippen molar-refractivity contribution >= 4 is 21.6 Å². The number of benzene rings is 2. The molecule has 2 N–H and O–H groups in total. The quantitative estimate of drug-likeness (QED) is 0.750. The summed E-state index contributed by atoms with van der Waals surface area (Å²) in [6.45, 7) is 3.88. The number of methoxy groups -OCH3 is 1. The first-order valence-corrected chi connectivity index (χ1v) is 9.66. The van der Waals surface area contributed by atoms with Crippen molar-refractivity contribution in [3.05, 3.63) is 47.8 Å². The Kier molecular flexibility index (Phi) is 6.40. The molecule has 0 spiro atoms. The molecule has 0 aliphatic rings. The fraction of sp³-hybridized carbons (Fsp3) is 0.278. The number of aromatic hydroxyl groups is 1. The third-order valence-corrected chi connectivity index (χ3v) is 6.01. The normalized spacial score (nSPS) is 11.4. The number of hydrogen-bond donors (Lipinski definition) is 2. The zero-order valence-electron chi connectivity index (χ0n) is 15.2. The van der Waals surface area contributed by atoms with E-state index in [2.05, 4.69) is 5.32 Å². The van der Waals surface area contributed by atoms with Gasteiger partial charge in [0.05, 0.1) is 17.6 Å². The summed E-state index contributed by atoms with van der Waals surface area (Å²) in [5.41, 5.74) is -0.215. The van der Waals surface area contributed by atoms with Crippen molar-refractivity contribution in [1.29, 1.82) is 0 Å². The molecule has 2 aromatic rings. The van der Waals surface area contributed by atoms with Crippen LogP contribution in [0.4, 0.5) is 10.1 Å². The Hall–Kier alpha value is -2.65. The number of nitrogens with zero attached hydrogens (tertiary/aromatic N) is 1. The lowest BCUT2D eigenvalue weighted by Crippen LogP contribution is -2.31. The second-order valence-electron chi connectivity index (χ2n) is 5.57. The average molecular weight is 396 g/mol. The van der Waals surface area contributed by atoms with E-state index in [0.29, 0.717) is 0 Å². The van der Waals surface area contributed by atoms with Crippen LogP contribution in [0.1, 0.15) is 24.2 Å². The van der Waals surface area contributed by atoms with Gasteiger partial charge in [-0.1, -0.05) is 13.8 Å². The number of anilines is 1. The van der Waals surface area contributed by atoms with Crippen LogP contribution in [0.3, 0.4) is 0 Å². The van der Waals surface area contributed by atoms with Crippen molar-refractivity contribution in [3.63, 3.8) is 0 Å². The Morgan fingerprint density at radius 1 is 1.19 bits per heavy atom. The van der Waals surface area contributed by atoms with Crippen LogP contribution >= 0.6 is 0 Å². The smallest absolute Gasteiger partial charge is 0.258 e. The molecule has 7 nitrogen and oxygen atoms in total. The highest BCUT2D eigenvalue weighted by atomic mass is 32.2. The van der Waals surface area contributed by atoms with E-state index in [4.69, 9.17) is 4.74 Å². The standard InChI is InChI=1S/C18H21FN2O5S/c1-4-21(5-2)27(24,25)13-7-8-15(19)14(11-13)18(23)20-12-6-9-17(26-3)16(22)10-12/h6-11,22H,4-5H2,1-3H3,(H,20,23). The number of amides is 1. The van der Waals surface area contributed by atoms with Crippen molar-refractivity contribution in [3.8, 4) is 11.5 Å². The van der Waals surface area contributed by atoms with E-state index in [1.54, 1.807) is 13.8 Å². The van der Waals surface area contributed by atoms with E-state index in [9.17, 15) is 22.7 Å². The summed E-state index contributed by atoms with van der Waals surface area (Å²) in [4.78, 5) is 12.2. The molecule has 0 aliphatic carbocycles. The monoisotopic (exact) mass is 396 g/mol. The average Bonchev–Trinajstić information content (AvgIpc) is 2.62. The first-order chi connectivity index (χ1) is 12.7. The van der Waals surface area contributed by atoms with Gasteiger partial charge >= 0.3 is 0 Å². The van der Waals surface area contributed by atoms with Gasteiger partial charge in [0.2, 0.25) is 10.0 Å². The van der Waals surface area contributed by atoms with Crippen molar-refractivity contribution < 1.29 is 27.4 Å². The fourth-order valence-electron chi connectivity index (χ4n) is 2.52. The highest BCUT2D eigenvalue weighted by Gasteiger charge is 2.24. The number of hydrogen-bond acceptors (Lipinski definition) is 5. The van der Waals surface area contributed by atoms with Gasteiger partial charge in [0.25, 0.3) is 5.91 Å². The highest BCUT2D eigenvalue weighted by molar-refractivity contribution is 7.89. The van der Waals surface area contributed by atoms with Crippen LogP contribution in [0.25, 0.3) is 0 Å². The summed E-state index contributed by atoms with van der Waals surface area (Å²) in [5, 5.41) is 12.2. The van der Waals surface area contributed by atoms with Gasteiger partial charge in [-0.05, 0) is 30.3 Å². The topological polar surface area (TPSA) is 95.9 Å². The Morgan fingerprint density at radius 2 is 1.85 bits per heavy atom. The summed E-state index contributed by atoms with van der Waals surface area (Å²) in [7, 11) is -2.45. The van der Waals surface area contributed by atoms with E-state index in [-0.39, 0.29) is 35.2 Å². The largest absolute Gasteiger partial charge is 0.504 e. The Labute approximate surface area is 157 Å². The lowest BCUT2D eigenvalue weighted by atomic mass is 10.2. The minimum absolute atomic E-state index is 0.171. The molecule has 146 valence electrons. The van der Waals surface area contributed by atoms with Crippen molar-refractivity contribution in [2.24, 2.45) is 0 Å². The molecule has 0 unspecified atom stereocenters. The van der Waals surface area contributed by atoms with Gasteiger partial charge in [0, 0.05) is 24.8 Å². The van der Waals surface area contributed by atoms with Gasteiger partial charge < -0.3 is 15.2 Å². The minimum atomic E-state index is -3.83. The predicted octanol–water partition coefficient (Wildman–Crippen LogP) is 2.82. The zero-order valence-corrected chi connectivity index (χ0v) is 16.0. The molecule has 2 rings (SSSR count). The summed E-state index contributed by atoms with van der Waals surface area (Å²) >= 11 is 0. The molecule has 1 amide bonds. The number of phenolic OH excluding ortho intramolecular Hbond substituents is 1. The highest BCUT2D eigenvalue weighted by Crippen LogP contribution is 2.29. The number of carbonyl (C=O) groups excluding carboxylic acids is 1. The SMILES string of the molecule is CCN(CC)S(=O)(=O)c1ccc(F)c(C(=O)Nc2ccc(OC)c(O)c2)c1. The molecule has 0 aromatic heterocycles. The maximum Gasteiger partial charge on any atom is 0.258 e. The molecule has 9 heteroatoms. The van der Waals surface area contributed by atoms with Crippen molar-refractivity contribution in [2.45, 2.75) is 18.7 Å². The van der Waals surface area contributed by atoms with E-state index in [1.165, 1.54) is 29.6 Å². The molecule has 0 bridgehead atoms. The maximum atomic E-state index is 14.1. The number of sulfonamides is 1. The third-order valence-electron chi connectivity index (χ3n) is 3.96. The predicted molar refractivity (Wildman–Crippen MR) is 99.1 cm³/mol. The molecule has 2 aromatic carbocycles. The molecule has 0 radical (unpaired) electrons. The van der Waals surface area contributed by atoms with Crippen LogP contribution in [-0.2, 0) is 10.0 Å². The minimum Gasteiger partial charge on any atom is -0.504 e. The number of halogens is 1. The summed E-state index contributed by atoms with van der Waals surface area (Å²) < 4.78 is 45.4. The van der Waals surface area contributed by atoms with E-state index in [1.807, 2.05) is 0 Å². The van der Waals surface area contributed by atoms with E-state index < -0.39 is 27.3 Å². The molecule has 0 fully saturated rings. The van der Waals surface area contributed by atoms with Gasteiger partial charge in [-0.25, -0.2) is 12.8 Å². The molecule has 27 heavy (non-hydrogen) atoms. The summed E-state index contributed by atoms with van der Waals surface area (Å²) in [5.74, 6) is -1.68. The van der Waals surface area contributed by atoms with Crippen molar-refractivity contribution in [1.82, 2.24) is 4.31 Å². The molecule has 0 heterocycles. The van der Waals surface area contributed by atoms with Gasteiger partial charge in [-0.3, -0.25) is 4.79 Å². The lowest BCUT2D eigenvalue weighted by Gasteiger charge is -2.19. The third kappa shape index (κ3) is 4.37. The van der Waals surface area contributed by atoms with Crippen molar-refractivity contribution in [2.75, 3.05) is 25.5 Å². The van der Waals surface area contributed by atoms with Crippen LogP contribution in [-0.4, -0.2) is 43.9 Å². The van der Waals surface area contributed by atoms with Gasteiger partial charge in [-0.2, -0.15) is 4.31 Å². The van der Waals surface area contributed by atoms with Crippen LogP contribution in [0.2, 0.25) is 0 Å². The molecule has 0 atom stereocenters. The second kappa shape index (κ2) is 8.36. The molecule has 0 aliphatic heterocycles. The van der Waals surface area contributed by atoms with Crippen LogP contribution in [0.5, 0.6) is 11.5 Å². The molecular formula is C18H21FN2O5S. The Bertz CT molecular complexity index is 943. The van der Waals surface area contributed by atoms with Gasteiger partial charge in [-0.15, -0.1) is 0 Å². The number of phenols is 1. The van der Waals surface area contributed by atoms with Crippen LogP contribution in [0.15, 0.2) is 41.3 Å². The van der Waals surface area contributed by atoms with E-state index in [0.717, 1.165) is 18.2 Å². The lowest BCUT2D eigenvalue weighted by molar-refractivity contribution is 0.102. The summed E-state index contributed by atoms with van der Waals surface area (Å²) in [6.07, 6.45) is 0. The fourth-order valence-corrected chi connectivity index (χ4v) is 4.00. The second-order valence-corrected chi connectivity index (χ2v) is 7.51. The Morgan fingerprint density at radius 3 is 2.41 bits per heavy atom. The first kappa shape index (κ1) is 20.7.